The summed E-state index contributed by atoms with van der Waals surface area (Å²) in [5.74, 6) is 1.04. The van der Waals surface area contributed by atoms with E-state index in [0.29, 0.717) is 6.04 Å². The first-order valence-electron chi connectivity index (χ1n) is 5.69. The third-order valence-corrected chi connectivity index (χ3v) is 2.82. The molecule has 1 aliphatic carbocycles. The van der Waals surface area contributed by atoms with Crippen LogP contribution in [0.4, 0.5) is 0 Å². The van der Waals surface area contributed by atoms with E-state index in [0.717, 1.165) is 44.7 Å². The summed E-state index contributed by atoms with van der Waals surface area (Å²) < 4.78 is 5.31. The maximum atomic E-state index is 5.91. The van der Waals surface area contributed by atoms with E-state index in [1.807, 2.05) is 6.92 Å². The number of hydrogen-bond acceptors (Lipinski definition) is 3. The number of nitrogens with zero attached hydrogens (tertiary/aromatic N) is 1. The van der Waals surface area contributed by atoms with Crippen molar-refractivity contribution in [3.05, 3.63) is 17.2 Å². The van der Waals surface area contributed by atoms with Gasteiger partial charge in [0.05, 0.1) is 12.3 Å². The average molecular weight is 209 g/mol. The summed E-state index contributed by atoms with van der Waals surface area (Å²) in [7, 11) is 0. The number of aromatic amines is 1. The summed E-state index contributed by atoms with van der Waals surface area (Å²) in [6.45, 7) is 3.52. The molecule has 1 heterocycles. The van der Waals surface area contributed by atoms with Crippen LogP contribution in [0.25, 0.3) is 0 Å². The summed E-state index contributed by atoms with van der Waals surface area (Å²) in [6, 6.07) is 0.303. The second-order valence-corrected chi connectivity index (χ2v) is 4.06. The zero-order valence-corrected chi connectivity index (χ0v) is 9.25. The van der Waals surface area contributed by atoms with Crippen molar-refractivity contribution in [2.75, 3.05) is 13.2 Å². The van der Waals surface area contributed by atoms with Gasteiger partial charge in [-0.25, -0.2) is 4.98 Å². The third-order valence-electron chi connectivity index (χ3n) is 2.82. The highest BCUT2D eigenvalue weighted by Gasteiger charge is 2.18. The predicted octanol–water partition coefficient (Wildman–Crippen LogP) is 0.805. The van der Waals surface area contributed by atoms with E-state index in [4.69, 9.17) is 10.5 Å². The summed E-state index contributed by atoms with van der Waals surface area (Å²) in [4.78, 5) is 7.92. The number of imidazole rings is 1. The first-order valence-corrected chi connectivity index (χ1v) is 5.69. The van der Waals surface area contributed by atoms with E-state index in [-0.39, 0.29) is 0 Å². The lowest BCUT2D eigenvalue weighted by molar-refractivity contribution is 0.149. The van der Waals surface area contributed by atoms with Crippen molar-refractivity contribution in [3.63, 3.8) is 0 Å². The molecule has 0 aromatic carbocycles. The molecule has 15 heavy (non-hydrogen) atoms. The molecule has 1 unspecified atom stereocenters. The lowest BCUT2D eigenvalue weighted by Crippen LogP contribution is -2.27. The van der Waals surface area contributed by atoms with Crippen LogP contribution < -0.4 is 5.73 Å². The molecule has 1 atom stereocenters. The van der Waals surface area contributed by atoms with Crippen LogP contribution in [0.5, 0.6) is 0 Å². The summed E-state index contributed by atoms with van der Waals surface area (Å²) in [5, 5.41) is 0. The van der Waals surface area contributed by atoms with Crippen LogP contribution in [0.1, 0.15) is 30.6 Å². The molecule has 0 saturated heterocycles. The van der Waals surface area contributed by atoms with Crippen molar-refractivity contribution in [3.8, 4) is 0 Å². The van der Waals surface area contributed by atoms with Crippen molar-refractivity contribution in [2.45, 2.75) is 38.6 Å². The average Bonchev–Trinajstić information content (AvgIpc) is 2.60. The highest BCUT2D eigenvalue weighted by molar-refractivity contribution is 5.19. The Morgan fingerprint density at radius 2 is 2.47 bits per heavy atom. The largest absolute Gasteiger partial charge is 0.381 e. The van der Waals surface area contributed by atoms with E-state index >= 15 is 0 Å². The Hall–Kier alpha value is -0.870. The number of hydrogen-bond donors (Lipinski definition) is 2. The fraction of sp³-hybridized carbons (Fsp3) is 0.727. The Morgan fingerprint density at radius 1 is 1.60 bits per heavy atom. The molecular weight excluding hydrogens is 190 g/mol. The van der Waals surface area contributed by atoms with Gasteiger partial charge in [0.15, 0.2) is 0 Å². The van der Waals surface area contributed by atoms with Crippen molar-refractivity contribution < 1.29 is 4.74 Å². The van der Waals surface area contributed by atoms with E-state index in [2.05, 4.69) is 9.97 Å². The second-order valence-electron chi connectivity index (χ2n) is 4.06. The summed E-state index contributed by atoms with van der Waals surface area (Å²) in [6.07, 6.45) is 3.89. The zero-order chi connectivity index (χ0) is 10.7. The molecular formula is C11H19N3O. The van der Waals surface area contributed by atoms with Crippen LogP contribution >= 0.6 is 0 Å². The topological polar surface area (TPSA) is 63.9 Å². The highest BCUT2D eigenvalue weighted by Crippen LogP contribution is 2.18. The normalized spacial score (nSPS) is 20.3. The number of H-pyrrole nitrogens is 1. The SMILES string of the molecule is CCOCCc1nc2c([nH]1)CC(N)CC2. The van der Waals surface area contributed by atoms with Gasteiger partial charge in [0.1, 0.15) is 5.82 Å². The molecule has 1 aromatic heterocycles. The zero-order valence-electron chi connectivity index (χ0n) is 9.25. The Balaban J connectivity index is 1.96. The third kappa shape index (κ3) is 2.58. The maximum absolute atomic E-state index is 5.91. The van der Waals surface area contributed by atoms with Crippen LogP contribution in [0, 0.1) is 0 Å². The number of ether oxygens (including phenoxy) is 1. The van der Waals surface area contributed by atoms with Gasteiger partial charge in [-0.05, 0) is 19.8 Å². The Labute approximate surface area is 90.2 Å². The molecule has 0 radical (unpaired) electrons. The van der Waals surface area contributed by atoms with Gasteiger partial charge in [-0.2, -0.15) is 0 Å². The van der Waals surface area contributed by atoms with Crippen LogP contribution in [-0.2, 0) is 24.0 Å². The smallest absolute Gasteiger partial charge is 0.108 e. The number of aryl methyl sites for hydroxylation is 1. The van der Waals surface area contributed by atoms with Crippen molar-refractivity contribution in [1.82, 2.24) is 9.97 Å². The number of aromatic nitrogens is 2. The molecule has 2 rings (SSSR count). The van der Waals surface area contributed by atoms with E-state index in [1.54, 1.807) is 0 Å². The lowest BCUT2D eigenvalue weighted by atomic mass is 9.97. The number of fused-ring (bicyclic) bond motifs is 1. The van der Waals surface area contributed by atoms with Crippen LogP contribution in [0.15, 0.2) is 0 Å². The fourth-order valence-corrected chi connectivity index (χ4v) is 2.00. The molecule has 1 aliphatic rings. The van der Waals surface area contributed by atoms with E-state index in [9.17, 15) is 0 Å². The molecule has 4 heteroatoms. The Bertz CT molecular complexity index is 322. The molecule has 4 nitrogen and oxygen atoms in total. The second kappa shape index (κ2) is 4.77. The Morgan fingerprint density at radius 3 is 3.27 bits per heavy atom. The van der Waals surface area contributed by atoms with Gasteiger partial charge in [-0.1, -0.05) is 0 Å². The van der Waals surface area contributed by atoms with Crippen LogP contribution in [0.3, 0.4) is 0 Å². The molecule has 0 amide bonds. The van der Waals surface area contributed by atoms with Gasteiger partial charge < -0.3 is 15.5 Å². The van der Waals surface area contributed by atoms with E-state index in [1.165, 1.54) is 11.4 Å². The highest BCUT2D eigenvalue weighted by atomic mass is 16.5. The monoisotopic (exact) mass is 209 g/mol. The molecule has 1 aromatic rings. The van der Waals surface area contributed by atoms with Crippen molar-refractivity contribution >= 4 is 0 Å². The summed E-state index contributed by atoms with van der Waals surface area (Å²) >= 11 is 0. The summed E-state index contributed by atoms with van der Waals surface area (Å²) in [5.41, 5.74) is 8.36. The van der Waals surface area contributed by atoms with Gasteiger partial charge in [-0.15, -0.1) is 0 Å². The minimum absolute atomic E-state index is 0.303. The first-order chi connectivity index (χ1) is 7.29. The van der Waals surface area contributed by atoms with Gasteiger partial charge in [-0.3, -0.25) is 0 Å². The molecule has 0 saturated carbocycles. The molecule has 0 bridgehead atoms. The molecule has 0 aliphatic heterocycles. The molecule has 0 spiro atoms. The standard InChI is InChI=1S/C11H19N3O/c1-2-15-6-5-11-13-9-4-3-8(12)7-10(9)14-11/h8H,2-7,12H2,1H3,(H,13,14). The number of nitrogens with one attached hydrogen (secondary N) is 1. The van der Waals surface area contributed by atoms with Crippen LogP contribution in [0.2, 0.25) is 0 Å². The molecule has 3 N–H and O–H groups in total. The molecule has 0 fully saturated rings. The van der Waals surface area contributed by atoms with Crippen LogP contribution in [-0.4, -0.2) is 29.2 Å². The fourth-order valence-electron chi connectivity index (χ4n) is 2.00. The lowest BCUT2D eigenvalue weighted by Gasteiger charge is -2.15. The Kier molecular flexibility index (Phi) is 3.38. The van der Waals surface area contributed by atoms with Gasteiger partial charge in [0.25, 0.3) is 0 Å². The quantitative estimate of drug-likeness (QED) is 0.721. The van der Waals surface area contributed by atoms with Gasteiger partial charge >= 0.3 is 0 Å². The van der Waals surface area contributed by atoms with Crippen molar-refractivity contribution in [1.29, 1.82) is 0 Å². The molecule has 84 valence electrons. The first kappa shape index (κ1) is 10.6. The minimum Gasteiger partial charge on any atom is -0.381 e. The van der Waals surface area contributed by atoms with Gasteiger partial charge in [0.2, 0.25) is 0 Å². The predicted molar refractivity (Wildman–Crippen MR) is 58.8 cm³/mol. The number of rotatable bonds is 4. The van der Waals surface area contributed by atoms with Crippen molar-refractivity contribution in [2.24, 2.45) is 5.73 Å². The van der Waals surface area contributed by atoms with E-state index < -0.39 is 0 Å². The number of nitrogens with two attached hydrogens (primary N) is 1. The van der Waals surface area contributed by atoms with Gasteiger partial charge in [0, 0.05) is 31.2 Å². The minimum atomic E-state index is 0.303. The maximum Gasteiger partial charge on any atom is 0.108 e.